The number of rotatable bonds is 12. The molecule has 1 aromatic carbocycles. The number of benzene rings is 1. The first-order valence-electron chi connectivity index (χ1n) is 17.4. The van der Waals surface area contributed by atoms with Gasteiger partial charge in [0.15, 0.2) is 0 Å². The van der Waals surface area contributed by atoms with Crippen molar-refractivity contribution >= 4 is 44.7 Å². The molecule has 0 unspecified atom stereocenters. The van der Waals surface area contributed by atoms with Gasteiger partial charge in [0.05, 0.1) is 23.5 Å². The summed E-state index contributed by atoms with van der Waals surface area (Å²) in [5.41, 5.74) is -0.651. The maximum Gasteiger partial charge on any atom is 0.408 e. The molecule has 3 aliphatic carbocycles. The molecule has 0 bridgehead atoms. The van der Waals surface area contributed by atoms with Crippen LogP contribution >= 0.6 is 0 Å². The molecule has 13 nitrogen and oxygen atoms in total. The lowest BCUT2D eigenvalue weighted by molar-refractivity contribution is -0.143. The van der Waals surface area contributed by atoms with Crippen LogP contribution in [0.5, 0.6) is 0 Å². The minimum absolute atomic E-state index is 0.0428. The maximum absolute atomic E-state index is 14.4. The highest BCUT2D eigenvalue weighted by Gasteiger charge is 2.62. The second kappa shape index (κ2) is 13.9. The number of aromatic nitrogens is 1. The van der Waals surface area contributed by atoms with Gasteiger partial charge in [0.25, 0.3) is 5.91 Å². The Hall–Kier alpha value is -4.04. The number of carbonyl (C=O) groups is 4. The number of amides is 4. The molecule has 0 spiro atoms. The van der Waals surface area contributed by atoms with E-state index in [1.54, 1.807) is 6.20 Å². The van der Waals surface area contributed by atoms with Gasteiger partial charge in [-0.2, -0.15) is 0 Å². The second-order valence-electron chi connectivity index (χ2n) is 15.1. The van der Waals surface area contributed by atoms with Gasteiger partial charge in [0, 0.05) is 36.0 Å². The van der Waals surface area contributed by atoms with Crippen molar-refractivity contribution in [3.8, 4) is 0 Å². The number of nitrogens with zero attached hydrogens (tertiary/aromatic N) is 2. The van der Waals surface area contributed by atoms with Crippen molar-refractivity contribution in [3.05, 3.63) is 54.7 Å². The van der Waals surface area contributed by atoms with Crippen LogP contribution < -0.4 is 15.4 Å². The molecule has 4 aliphatic rings. The quantitative estimate of drug-likeness (QED) is 0.279. The number of nitrogens with one attached hydrogen (secondary N) is 3. The number of hydrogen-bond acceptors (Lipinski definition) is 9. The van der Waals surface area contributed by atoms with Crippen molar-refractivity contribution in [2.24, 2.45) is 11.3 Å². The highest BCUT2D eigenvalue weighted by molar-refractivity contribution is 7.91. The predicted molar refractivity (Wildman–Crippen MR) is 185 cm³/mol. The van der Waals surface area contributed by atoms with E-state index in [9.17, 15) is 27.6 Å². The van der Waals surface area contributed by atoms with Crippen LogP contribution in [0.15, 0.2) is 49.2 Å². The van der Waals surface area contributed by atoms with Crippen LogP contribution in [-0.4, -0.2) is 83.7 Å². The first kappa shape index (κ1) is 35.8. The van der Waals surface area contributed by atoms with Gasteiger partial charge in [-0.25, -0.2) is 13.2 Å². The van der Waals surface area contributed by atoms with E-state index < -0.39 is 74.1 Å². The number of fused-ring (bicyclic) bond motifs is 1. The maximum atomic E-state index is 14.4. The highest BCUT2D eigenvalue weighted by atomic mass is 32.2. The molecule has 270 valence electrons. The summed E-state index contributed by atoms with van der Waals surface area (Å²) >= 11 is 0. The van der Waals surface area contributed by atoms with Crippen molar-refractivity contribution in [1.82, 2.24) is 25.2 Å². The Labute approximate surface area is 293 Å². The van der Waals surface area contributed by atoms with Crippen LogP contribution in [0, 0.1) is 11.3 Å². The molecule has 14 heteroatoms. The lowest BCUT2D eigenvalue weighted by Gasteiger charge is -2.35. The van der Waals surface area contributed by atoms with Gasteiger partial charge in [0.2, 0.25) is 21.8 Å². The molecule has 4 fully saturated rings. The zero-order chi connectivity index (χ0) is 35.8. The average Bonchev–Trinajstić information content (AvgIpc) is 3.95. The summed E-state index contributed by atoms with van der Waals surface area (Å²) in [5.74, 6) is -2.43. The molecular formula is C36H47N5O8S. The number of hydrogen-bond donors (Lipinski definition) is 3. The SMILES string of the molecule is C=C[C@@H]1C[C@@]1(NC(=O)[C@@H]1C[C@@H](OCc2cccc3cccnc23)CN1C(=O)[C@@H](NC(=O)OC1CCCC1)C(C)(C)C)C(=O)NS(=O)(=O)C1CC1. The molecule has 0 radical (unpaired) electrons. The number of carbonyl (C=O) groups excluding carboxylic acids is 4. The largest absolute Gasteiger partial charge is 0.446 e. The summed E-state index contributed by atoms with van der Waals surface area (Å²) in [4.78, 5) is 60.9. The number of likely N-dealkylation sites (tertiary alicyclic amines) is 1. The van der Waals surface area contributed by atoms with Gasteiger partial charge in [-0.1, -0.05) is 51.1 Å². The highest BCUT2D eigenvalue weighted by Crippen LogP contribution is 2.45. The molecule has 6 rings (SSSR count). The van der Waals surface area contributed by atoms with E-state index in [1.807, 2.05) is 51.1 Å². The molecule has 3 N–H and O–H groups in total. The van der Waals surface area contributed by atoms with Gasteiger partial charge in [-0.15, -0.1) is 6.58 Å². The number of alkyl carbamates (subject to hydrolysis) is 1. The van der Waals surface area contributed by atoms with Crippen LogP contribution in [0.4, 0.5) is 4.79 Å². The van der Waals surface area contributed by atoms with Crippen LogP contribution in [0.25, 0.3) is 10.9 Å². The van der Waals surface area contributed by atoms with Gasteiger partial charge in [-0.3, -0.25) is 24.1 Å². The topological polar surface area (TPSA) is 173 Å². The Morgan fingerprint density at radius 1 is 1.08 bits per heavy atom. The second-order valence-corrected chi connectivity index (χ2v) is 17.1. The van der Waals surface area contributed by atoms with E-state index in [-0.39, 0.29) is 32.1 Å². The fourth-order valence-electron chi connectivity index (χ4n) is 7.04. The fourth-order valence-corrected chi connectivity index (χ4v) is 8.41. The standard InChI is InChI=1S/C36H47N5O8S/c1-5-24-19-36(24,33(44)40-50(46,47)27-15-16-27)39-31(42)28-18-26(48-21-23-11-8-10-22-12-9-17-37-29(22)23)20-41(28)32(43)30(35(2,3)4)38-34(45)49-25-13-6-7-14-25/h5,8-12,17,24-28,30H,1,6-7,13-16,18-21H2,2-4H3,(H,38,45)(H,39,42)(H,40,44)/t24-,26-,28+,30-,36+/m1/s1. The van der Waals surface area contributed by atoms with Gasteiger partial charge in [-0.05, 0) is 56.4 Å². The van der Waals surface area contributed by atoms with Crippen molar-refractivity contribution in [3.63, 3.8) is 0 Å². The molecule has 5 atom stereocenters. The Morgan fingerprint density at radius 3 is 2.46 bits per heavy atom. The number of pyridine rings is 1. The Bertz CT molecular complexity index is 1760. The predicted octanol–water partition coefficient (Wildman–Crippen LogP) is 3.47. The van der Waals surface area contributed by atoms with E-state index in [2.05, 4.69) is 26.9 Å². The normalized spacial score (nSPS) is 25.9. The minimum atomic E-state index is -3.87. The summed E-state index contributed by atoms with van der Waals surface area (Å²) < 4.78 is 39.4. The van der Waals surface area contributed by atoms with Gasteiger partial charge < -0.3 is 25.0 Å². The first-order valence-corrected chi connectivity index (χ1v) is 19.0. The summed E-state index contributed by atoms with van der Waals surface area (Å²) in [6.07, 6.45) is 6.44. The van der Waals surface area contributed by atoms with E-state index in [4.69, 9.17) is 9.47 Å². The van der Waals surface area contributed by atoms with Crippen LogP contribution in [0.1, 0.15) is 77.7 Å². The molecule has 2 heterocycles. The lowest BCUT2D eigenvalue weighted by Crippen LogP contribution is -2.60. The third-order valence-corrected chi connectivity index (χ3v) is 12.1. The molecule has 1 saturated heterocycles. The molecular weight excluding hydrogens is 662 g/mol. The van der Waals surface area contributed by atoms with Gasteiger partial charge >= 0.3 is 6.09 Å². The fraction of sp³-hybridized carbons (Fsp3) is 0.583. The van der Waals surface area contributed by atoms with Crippen molar-refractivity contribution < 1.29 is 37.1 Å². The van der Waals surface area contributed by atoms with Crippen molar-refractivity contribution in [2.75, 3.05) is 6.54 Å². The molecule has 2 aromatic rings. The summed E-state index contributed by atoms with van der Waals surface area (Å²) in [7, 11) is -3.87. The zero-order valence-electron chi connectivity index (χ0n) is 28.9. The Balaban J connectivity index is 1.23. The Kier molecular flexibility index (Phi) is 9.97. The first-order chi connectivity index (χ1) is 23.7. The molecule has 1 aromatic heterocycles. The summed E-state index contributed by atoms with van der Waals surface area (Å²) in [6.45, 7) is 9.44. The van der Waals surface area contributed by atoms with E-state index in [0.717, 1.165) is 42.1 Å². The summed E-state index contributed by atoms with van der Waals surface area (Å²) in [5, 5.41) is 5.90. The number of para-hydroxylation sites is 1. The van der Waals surface area contributed by atoms with E-state index in [0.29, 0.717) is 12.8 Å². The smallest absolute Gasteiger partial charge is 0.408 e. The molecule has 3 saturated carbocycles. The van der Waals surface area contributed by atoms with E-state index >= 15 is 0 Å². The Morgan fingerprint density at radius 2 is 1.80 bits per heavy atom. The van der Waals surface area contributed by atoms with Crippen LogP contribution in [0.2, 0.25) is 0 Å². The minimum Gasteiger partial charge on any atom is -0.446 e. The lowest BCUT2D eigenvalue weighted by atomic mass is 9.85. The molecule has 50 heavy (non-hydrogen) atoms. The van der Waals surface area contributed by atoms with Crippen molar-refractivity contribution in [2.45, 2.75) is 114 Å². The zero-order valence-corrected chi connectivity index (χ0v) is 29.7. The summed E-state index contributed by atoms with van der Waals surface area (Å²) in [6, 6.07) is 7.46. The monoisotopic (exact) mass is 709 g/mol. The molecule has 1 aliphatic heterocycles. The third kappa shape index (κ3) is 7.65. The van der Waals surface area contributed by atoms with Crippen molar-refractivity contribution in [1.29, 1.82) is 0 Å². The van der Waals surface area contributed by atoms with Crippen LogP contribution in [-0.2, 0) is 40.5 Å². The third-order valence-electron chi connectivity index (χ3n) is 10.2. The average molecular weight is 710 g/mol. The van der Waals surface area contributed by atoms with Gasteiger partial charge in [0.1, 0.15) is 23.7 Å². The van der Waals surface area contributed by atoms with Crippen LogP contribution in [0.3, 0.4) is 0 Å². The molecule has 4 amide bonds. The number of ether oxygens (including phenoxy) is 2. The van der Waals surface area contributed by atoms with E-state index in [1.165, 1.54) is 11.0 Å². The number of sulfonamides is 1.